The van der Waals surface area contributed by atoms with E-state index in [1.54, 1.807) is 19.1 Å². The van der Waals surface area contributed by atoms with E-state index in [9.17, 15) is 4.79 Å². The van der Waals surface area contributed by atoms with Crippen LogP contribution in [-0.4, -0.2) is 26.6 Å². The SMILES string of the molecule is COc1ccccc1N(C)C(=O)CCC(CCN)C(C)C. The Bertz CT molecular complexity index is 446. The molecule has 0 saturated carbocycles. The summed E-state index contributed by atoms with van der Waals surface area (Å²) in [7, 11) is 3.42. The van der Waals surface area contributed by atoms with Crippen LogP contribution < -0.4 is 15.4 Å². The van der Waals surface area contributed by atoms with Gasteiger partial charge in [0.1, 0.15) is 5.75 Å². The number of hydrogen-bond donors (Lipinski definition) is 1. The number of nitrogens with zero attached hydrogens (tertiary/aromatic N) is 1. The van der Waals surface area contributed by atoms with E-state index in [-0.39, 0.29) is 5.91 Å². The summed E-state index contributed by atoms with van der Waals surface area (Å²) < 4.78 is 5.31. The van der Waals surface area contributed by atoms with Gasteiger partial charge in [-0.2, -0.15) is 0 Å². The molecule has 0 bridgehead atoms. The number of methoxy groups -OCH3 is 1. The Kier molecular flexibility index (Phi) is 7.23. The van der Waals surface area contributed by atoms with Gasteiger partial charge in [0.15, 0.2) is 0 Å². The van der Waals surface area contributed by atoms with E-state index in [4.69, 9.17) is 10.5 Å². The van der Waals surface area contributed by atoms with E-state index in [0.717, 1.165) is 24.3 Å². The van der Waals surface area contributed by atoms with Crippen molar-refractivity contribution in [2.75, 3.05) is 25.6 Å². The number of nitrogens with two attached hydrogens (primary N) is 1. The van der Waals surface area contributed by atoms with Crippen molar-refractivity contribution >= 4 is 11.6 Å². The Morgan fingerprint density at radius 2 is 1.95 bits per heavy atom. The summed E-state index contributed by atoms with van der Waals surface area (Å²) in [5, 5.41) is 0. The van der Waals surface area contributed by atoms with Gasteiger partial charge in [-0.15, -0.1) is 0 Å². The maximum Gasteiger partial charge on any atom is 0.226 e. The first-order chi connectivity index (χ1) is 10.0. The summed E-state index contributed by atoms with van der Waals surface area (Å²) >= 11 is 0. The molecule has 2 N–H and O–H groups in total. The van der Waals surface area contributed by atoms with Gasteiger partial charge in [0, 0.05) is 13.5 Å². The molecule has 0 aliphatic heterocycles. The molecule has 21 heavy (non-hydrogen) atoms. The number of para-hydroxylation sites is 2. The maximum atomic E-state index is 12.4. The number of benzene rings is 1. The van der Waals surface area contributed by atoms with Crippen LogP contribution in [0.5, 0.6) is 5.75 Å². The monoisotopic (exact) mass is 292 g/mol. The average Bonchev–Trinajstić information content (AvgIpc) is 2.49. The van der Waals surface area contributed by atoms with Crippen molar-refractivity contribution < 1.29 is 9.53 Å². The lowest BCUT2D eigenvalue weighted by Gasteiger charge is -2.23. The van der Waals surface area contributed by atoms with Crippen LogP contribution in [0.1, 0.15) is 33.1 Å². The normalized spacial score (nSPS) is 12.3. The fourth-order valence-electron chi connectivity index (χ4n) is 2.54. The zero-order valence-corrected chi connectivity index (χ0v) is 13.6. The van der Waals surface area contributed by atoms with Gasteiger partial charge in [-0.3, -0.25) is 4.79 Å². The highest BCUT2D eigenvalue weighted by Gasteiger charge is 2.18. The minimum absolute atomic E-state index is 0.113. The number of rotatable bonds is 8. The molecule has 1 aromatic rings. The van der Waals surface area contributed by atoms with Crippen LogP contribution in [-0.2, 0) is 4.79 Å². The molecule has 0 fully saturated rings. The Labute approximate surface area is 128 Å². The predicted octanol–water partition coefficient (Wildman–Crippen LogP) is 3.06. The molecule has 4 heteroatoms. The van der Waals surface area contributed by atoms with Crippen molar-refractivity contribution in [2.45, 2.75) is 33.1 Å². The van der Waals surface area contributed by atoms with E-state index in [2.05, 4.69) is 13.8 Å². The zero-order valence-electron chi connectivity index (χ0n) is 13.6. The standard InChI is InChI=1S/C17H28N2O2/c1-13(2)14(11-12-18)9-10-17(20)19(3)15-7-5-6-8-16(15)21-4/h5-8,13-14H,9-12,18H2,1-4H3. The van der Waals surface area contributed by atoms with Crippen LogP contribution in [0, 0.1) is 11.8 Å². The van der Waals surface area contributed by atoms with Gasteiger partial charge >= 0.3 is 0 Å². The smallest absolute Gasteiger partial charge is 0.226 e. The topological polar surface area (TPSA) is 55.6 Å². The number of amides is 1. The second kappa shape index (κ2) is 8.67. The van der Waals surface area contributed by atoms with Crippen LogP contribution in [0.3, 0.4) is 0 Å². The number of carbonyl (C=O) groups is 1. The largest absolute Gasteiger partial charge is 0.495 e. The van der Waals surface area contributed by atoms with E-state index < -0.39 is 0 Å². The Hall–Kier alpha value is -1.55. The molecule has 0 heterocycles. The Morgan fingerprint density at radius 3 is 2.52 bits per heavy atom. The first kappa shape index (κ1) is 17.5. The van der Waals surface area contributed by atoms with Crippen LogP contribution >= 0.6 is 0 Å². The summed E-state index contributed by atoms with van der Waals surface area (Å²) in [6.07, 6.45) is 2.40. The highest BCUT2D eigenvalue weighted by molar-refractivity contribution is 5.94. The third kappa shape index (κ3) is 5.05. The Balaban J connectivity index is 2.66. The Morgan fingerprint density at radius 1 is 1.29 bits per heavy atom. The van der Waals surface area contributed by atoms with Gasteiger partial charge < -0.3 is 15.4 Å². The van der Waals surface area contributed by atoms with Gasteiger partial charge in [-0.25, -0.2) is 0 Å². The van der Waals surface area contributed by atoms with Crippen molar-refractivity contribution in [2.24, 2.45) is 17.6 Å². The summed E-state index contributed by atoms with van der Waals surface area (Å²) in [5.41, 5.74) is 6.46. The highest BCUT2D eigenvalue weighted by Crippen LogP contribution is 2.28. The second-order valence-electron chi connectivity index (χ2n) is 5.74. The lowest BCUT2D eigenvalue weighted by Crippen LogP contribution is -2.27. The minimum Gasteiger partial charge on any atom is -0.495 e. The molecule has 0 spiro atoms. The highest BCUT2D eigenvalue weighted by atomic mass is 16.5. The maximum absolute atomic E-state index is 12.4. The molecule has 1 unspecified atom stereocenters. The molecule has 0 saturated heterocycles. The van der Waals surface area contributed by atoms with Crippen molar-refractivity contribution in [1.29, 1.82) is 0 Å². The van der Waals surface area contributed by atoms with E-state index in [1.165, 1.54) is 0 Å². The number of anilines is 1. The van der Waals surface area contributed by atoms with Gasteiger partial charge in [0.2, 0.25) is 5.91 Å². The molecule has 0 aliphatic carbocycles. The molecule has 1 rings (SSSR count). The molecular formula is C17H28N2O2. The zero-order chi connectivity index (χ0) is 15.8. The summed E-state index contributed by atoms with van der Waals surface area (Å²) in [6.45, 7) is 5.06. The van der Waals surface area contributed by atoms with Gasteiger partial charge in [0.05, 0.1) is 12.8 Å². The van der Waals surface area contributed by atoms with Gasteiger partial charge in [-0.1, -0.05) is 26.0 Å². The molecule has 118 valence electrons. The van der Waals surface area contributed by atoms with Gasteiger partial charge in [-0.05, 0) is 43.4 Å². The van der Waals surface area contributed by atoms with E-state index in [1.807, 2.05) is 24.3 Å². The fourth-order valence-corrected chi connectivity index (χ4v) is 2.54. The van der Waals surface area contributed by atoms with Crippen LogP contribution in [0.4, 0.5) is 5.69 Å². The van der Waals surface area contributed by atoms with Crippen LogP contribution in [0.25, 0.3) is 0 Å². The fraction of sp³-hybridized carbons (Fsp3) is 0.588. The quantitative estimate of drug-likeness (QED) is 0.801. The van der Waals surface area contributed by atoms with Gasteiger partial charge in [0.25, 0.3) is 0 Å². The second-order valence-corrected chi connectivity index (χ2v) is 5.74. The molecule has 0 aliphatic rings. The van der Waals surface area contributed by atoms with Crippen LogP contribution in [0.15, 0.2) is 24.3 Å². The molecule has 0 aromatic heterocycles. The van der Waals surface area contributed by atoms with Crippen molar-refractivity contribution in [3.05, 3.63) is 24.3 Å². The minimum atomic E-state index is 0.113. The molecule has 4 nitrogen and oxygen atoms in total. The van der Waals surface area contributed by atoms with E-state index >= 15 is 0 Å². The average molecular weight is 292 g/mol. The predicted molar refractivity (Wildman–Crippen MR) is 87.6 cm³/mol. The van der Waals surface area contributed by atoms with E-state index in [0.29, 0.717) is 24.8 Å². The summed E-state index contributed by atoms with van der Waals surface area (Å²) in [4.78, 5) is 14.1. The number of hydrogen-bond acceptors (Lipinski definition) is 3. The molecule has 1 atom stereocenters. The number of carbonyl (C=O) groups excluding carboxylic acids is 1. The lowest BCUT2D eigenvalue weighted by molar-refractivity contribution is -0.118. The molecule has 1 aromatic carbocycles. The number of ether oxygens (including phenoxy) is 1. The van der Waals surface area contributed by atoms with Crippen molar-refractivity contribution in [3.8, 4) is 5.75 Å². The molecule has 1 amide bonds. The summed E-state index contributed by atoms with van der Waals surface area (Å²) in [5.74, 6) is 1.89. The van der Waals surface area contributed by atoms with Crippen molar-refractivity contribution in [3.63, 3.8) is 0 Å². The molecular weight excluding hydrogens is 264 g/mol. The third-order valence-corrected chi connectivity index (χ3v) is 4.03. The first-order valence-corrected chi connectivity index (χ1v) is 7.60. The first-order valence-electron chi connectivity index (χ1n) is 7.60. The third-order valence-electron chi connectivity index (χ3n) is 4.03. The molecule has 0 radical (unpaired) electrons. The lowest BCUT2D eigenvalue weighted by atomic mass is 9.88. The summed E-state index contributed by atoms with van der Waals surface area (Å²) in [6, 6.07) is 7.57. The van der Waals surface area contributed by atoms with Crippen molar-refractivity contribution in [1.82, 2.24) is 0 Å². The van der Waals surface area contributed by atoms with Crippen LogP contribution in [0.2, 0.25) is 0 Å².